The molecule has 3 aromatic rings. The molecule has 1 aliphatic rings. The Labute approximate surface area is 187 Å². The highest BCUT2D eigenvalue weighted by Gasteiger charge is 2.31. The van der Waals surface area contributed by atoms with Crippen molar-refractivity contribution in [2.45, 2.75) is 19.1 Å². The molecular formula is C21H23F3N6OS. The second-order valence-corrected chi connectivity index (χ2v) is 8.55. The quantitative estimate of drug-likeness (QED) is 0.604. The number of thiophene rings is 1. The number of rotatable bonds is 6. The first kappa shape index (κ1) is 22.3. The molecule has 0 aromatic carbocycles. The number of pyridine rings is 1. The number of nitrogens with one attached hydrogen (secondary N) is 1. The summed E-state index contributed by atoms with van der Waals surface area (Å²) in [5.74, 6) is 1.04. The summed E-state index contributed by atoms with van der Waals surface area (Å²) in [6, 6.07) is 8.22. The van der Waals surface area contributed by atoms with Crippen molar-refractivity contribution < 1.29 is 18.0 Å². The zero-order valence-electron chi connectivity index (χ0n) is 17.3. The van der Waals surface area contributed by atoms with Crippen LogP contribution >= 0.6 is 11.3 Å². The minimum absolute atomic E-state index is 0.126. The molecule has 1 aliphatic heterocycles. The van der Waals surface area contributed by atoms with E-state index in [9.17, 15) is 18.0 Å². The van der Waals surface area contributed by atoms with Crippen molar-refractivity contribution >= 4 is 28.9 Å². The third-order valence-electron chi connectivity index (χ3n) is 5.22. The van der Waals surface area contributed by atoms with E-state index in [1.54, 1.807) is 28.3 Å². The third kappa shape index (κ3) is 5.65. The fraction of sp³-hybridized carbons (Fsp3) is 0.381. The Balaban J connectivity index is 1.30. The van der Waals surface area contributed by atoms with Gasteiger partial charge >= 0.3 is 6.18 Å². The van der Waals surface area contributed by atoms with E-state index in [4.69, 9.17) is 0 Å². The number of amides is 1. The lowest BCUT2D eigenvalue weighted by Crippen LogP contribution is -2.36. The maximum absolute atomic E-state index is 12.8. The van der Waals surface area contributed by atoms with Crippen LogP contribution in [0.3, 0.4) is 0 Å². The van der Waals surface area contributed by atoms with Crippen LogP contribution in [-0.4, -0.2) is 58.3 Å². The van der Waals surface area contributed by atoms with Crippen LogP contribution in [0.2, 0.25) is 0 Å². The topological polar surface area (TPSA) is 66.3 Å². The highest BCUT2D eigenvalue weighted by atomic mass is 32.1. The molecule has 0 spiro atoms. The molecule has 0 saturated carbocycles. The van der Waals surface area contributed by atoms with Crippen LogP contribution in [-0.2, 0) is 17.5 Å². The SMILES string of the molecule is O=C(CN1CCCN(c2ccc(C(F)(F)F)cn2)CC1)Nc1ccnn1Cc1cccs1. The molecule has 1 amide bonds. The Morgan fingerprint density at radius 1 is 1.12 bits per heavy atom. The minimum atomic E-state index is -4.40. The molecule has 1 N–H and O–H groups in total. The molecule has 0 aliphatic carbocycles. The van der Waals surface area contributed by atoms with Crippen molar-refractivity contribution in [1.29, 1.82) is 0 Å². The van der Waals surface area contributed by atoms with Crippen LogP contribution in [0.15, 0.2) is 48.1 Å². The van der Waals surface area contributed by atoms with Crippen molar-refractivity contribution in [2.75, 3.05) is 42.9 Å². The van der Waals surface area contributed by atoms with Crippen molar-refractivity contribution in [3.8, 4) is 0 Å². The van der Waals surface area contributed by atoms with Gasteiger partial charge in [0, 0.05) is 43.3 Å². The number of hydrogen-bond acceptors (Lipinski definition) is 6. The number of carbonyl (C=O) groups excluding carboxylic acids is 1. The Hall–Kier alpha value is -2.92. The third-order valence-corrected chi connectivity index (χ3v) is 6.09. The van der Waals surface area contributed by atoms with Crippen LogP contribution in [0.25, 0.3) is 0 Å². The lowest BCUT2D eigenvalue weighted by molar-refractivity contribution is -0.137. The second-order valence-electron chi connectivity index (χ2n) is 7.52. The van der Waals surface area contributed by atoms with Crippen molar-refractivity contribution in [3.05, 3.63) is 58.5 Å². The Morgan fingerprint density at radius 2 is 2.00 bits per heavy atom. The number of hydrogen-bond donors (Lipinski definition) is 1. The number of carbonyl (C=O) groups is 1. The molecule has 0 bridgehead atoms. The molecule has 4 rings (SSSR count). The minimum Gasteiger partial charge on any atom is -0.355 e. The van der Waals surface area contributed by atoms with Crippen LogP contribution in [0, 0.1) is 0 Å². The van der Waals surface area contributed by atoms with Crippen LogP contribution in [0.1, 0.15) is 16.9 Å². The molecule has 0 radical (unpaired) electrons. The highest BCUT2D eigenvalue weighted by Crippen LogP contribution is 2.29. The fourth-order valence-corrected chi connectivity index (χ4v) is 4.29. The molecule has 11 heteroatoms. The number of nitrogens with zero attached hydrogens (tertiary/aromatic N) is 5. The molecule has 1 saturated heterocycles. The van der Waals surface area contributed by atoms with Gasteiger partial charge in [0.2, 0.25) is 5.91 Å². The van der Waals surface area contributed by atoms with Gasteiger partial charge in [0.1, 0.15) is 11.6 Å². The van der Waals surface area contributed by atoms with E-state index in [0.717, 1.165) is 30.1 Å². The summed E-state index contributed by atoms with van der Waals surface area (Å²) in [5.41, 5.74) is -0.757. The van der Waals surface area contributed by atoms with Crippen LogP contribution in [0.4, 0.5) is 24.8 Å². The first-order valence-electron chi connectivity index (χ1n) is 10.2. The number of anilines is 2. The van der Waals surface area contributed by atoms with E-state index in [1.807, 2.05) is 27.3 Å². The van der Waals surface area contributed by atoms with E-state index in [0.29, 0.717) is 37.8 Å². The second kappa shape index (κ2) is 9.70. The van der Waals surface area contributed by atoms with Gasteiger partial charge in [0.05, 0.1) is 24.8 Å². The largest absolute Gasteiger partial charge is 0.417 e. The molecule has 170 valence electrons. The summed E-state index contributed by atoms with van der Waals surface area (Å²) in [6.07, 6.45) is -1.09. The van der Waals surface area contributed by atoms with Crippen LogP contribution in [0.5, 0.6) is 0 Å². The molecule has 1 fully saturated rings. The lowest BCUT2D eigenvalue weighted by atomic mass is 10.2. The summed E-state index contributed by atoms with van der Waals surface area (Å²) in [6.45, 7) is 3.42. The molecule has 4 heterocycles. The highest BCUT2D eigenvalue weighted by molar-refractivity contribution is 7.09. The molecule has 32 heavy (non-hydrogen) atoms. The van der Waals surface area contributed by atoms with Gasteiger partial charge in [-0.2, -0.15) is 18.3 Å². The van der Waals surface area contributed by atoms with E-state index in [1.165, 1.54) is 6.07 Å². The lowest BCUT2D eigenvalue weighted by Gasteiger charge is -2.22. The van der Waals surface area contributed by atoms with E-state index >= 15 is 0 Å². The van der Waals surface area contributed by atoms with Gasteiger partial charge < -0.3 is 10.2 Å². The van der Waals surface area contributed by atoms with E-state index in [2.05, 4.69) is 15.4 Å². The monoisotopic (exact) mass is 464 g/mol. The van der Waals surface area contributed by atoms with Crippen molar-refractivity contribution in [2.24, 2.45) is 0 Å². The van der Waals surface area contributed by atoms with Crippen molar-refractivity contribution in [3.63, 3.8) is 0 Å². The van der Waals surface area contributed by atoms with Gasteiger partial charge in [-0.25, -0.2) is 9.67 Å². The Bertz CT molecular complexity index is 1020. The summed E-state index contributed by atoms with van der Waals surface area (Å²) in [5, 5.41) is 9.21. The van der Waals surface area contributed by atoms with Gasteiger partial charge in [-0.3, -0.25) is 9.69 Å². The average Bonchev–Trinajstić information content (AvgIpc) is 3.36. The Kier molecular flexibility index (Phi) is 6.75. The average molecular weight is 465 g/mol. The molecule has 0 atom stereocenters. The molecular weight excluding hydrogens is 441 g/mol. The number of aromatic nitrogens is 3. The van der Waals surface area contributed by atoms with Gasteiger partial charge in [-0.05, 0) is 30.0 Å². The summed E-state index contributed by atoms with van der Waals surface area (Å²) >= 11 is 1.63. The van der Waals surface area contributed by atoms with Gasteiger partial charge in [-0.15, -0.1) is 11.3 Å². The smallest absolute Gasteiger partial charge is 0.355 e. The maximum atomic E-state index is 12.8. The maximum Gasteiger partial charge on any atom is 0.417 e. The first-order valence-corrected chi connectivity index (χ1v) is 11.1. The standard InChI is InChI=1S/C21H23F3N6OS/c22-21(23,24)16-4-5-18(25-13-16)29-9-2-8-28(10-11-29)15-20(31)27-19-6-7-26-30(19)14-17-3-1-12-32-17/h1,3-7,12-13H,2,8-11,14-15H2,(H,27,31). The summed E-state index contributed by atoms with van der Waals surface area (Å²) in [4.78, 5) is 21.7. The van der Waals surface area contributed by atoms with Gasteiger partial charge in [0.25, 0.3) is 0 Å². The van der Waals surface area contributed by atoms with E-state index in [-0.39, 0.29) is 12.5 Å². The first-order chi connectivity index (χ1) is 15.4. The fourth-order valence-electron chi connectivity index (χ4n) is 3.60. The van der Waals surface area contributed by atoms with Gasteiger partial charge in [0.15, 0.2) is 0 Å². The zero-order chi connectivity index (χ0) is 22.6. The summed E-state index contributed by atoms with van der Waals surface area (Å²) in [7, 11) is 0. The molecule has 3 aromatic heterocycles. The normalized spacial score (nSPS) is 15.5. The predicted molar refractivity (Wildman–Crippen MR) is 117 cm³/mol. The molecule has 0 unspecified atom stereocenters. The summed E-state index contributed by atoms with van der Waals surface area (Å²) < 4.78 is 40.0. The molecule has 7 nitrogen and oxygen atoms in total. The number of alkyl halides is 3. The predicted octanol–water partition coefficient (Wildman–Crippen LogP) is 3.56. The van der Waals surface area contributed by atoms with Crippen molar-refractivity contribution in [1.82, 2.24) is 19.7 Å². The zero-order valence-corrected chi connectivity index (χ0v) is 18.1. The number of halogens is 3. The van der Waals surface area contributed by atoms with Crippen LogP contribution < -0.4 is 10.2 Å². The van der Waals surface area contributed by atoms with E-state index < -0.39 is 11.7 Å². The Morgan fingerprint density at radius 3 is 2.72 bits per heavy atom. The van der Waals surface area contributed by atoms with Gasteiger partial charge in [-0.1, -0.05) is 6.07 Å².